The highest BCUT2D eigenvalue weighted by Gasteiger charge is 2.27. The van der Waals surface area contributed by atoms with Crippen molar-refractivity contribution in [3.05, 3.63) is 29.3 Å². The molecule has 1 aromatic rings. The average molecular weight is 319 g/mol. The Morgan fingerprint density at radius 1 is 1.30 bits per heavy atom. The van der Waals surface area contributed by atoms with Crippen molar-refractivity contribution in [1.29, 1.82) is 0 Å². The fourth-order valence-electron chi connectivity index (χ4n) is 2.96. The zero-order valence-electron chi connectivity index (χ0n) is 14.7. The summed E-state index contributed by atoms with van der Waals surface area (Å²) < 4.78 is 0. The highest BCUT2D eigenvalue weighted by atomic mass is 16.3. The summed E-state index contributed by atoms with van der Waals surface area (Å²) in [6.45, 7) is 5.42. The lowest BCUT2D eigenvalue weighted by molar-refractivity contribution is 0.0603. The molecule has 0 bridgehead atoms. The molecule has 0 spiro atoms. The van der Waals surface area contributed by atoms with Gasteiger partial charge in [0, 0.05) is 37.8 Å². The fraction of sp³-hybridized carbons (Fsp3) is 0.611. The number of amides is 1. The first-order valence-electron chi connectivity index (χ1n) is 8.32. The van der Waals surface area contributed by atoms with Crippen LogP contribution in [0.1, 0.15) is 28.8 Å². The van der Waals surface area contributed by atoms with Gasteiger partial charge in [-0.1, -0.05) is 6.07 Å². The predicted molar refractivity (Wildman–Crippen MR) is 93.0 cm³/mol. The van der Waals surface area contributed by atoms with Crippen LogP contribution in [0.25, 0.3) is 0 Å². The minimum Gasteiger partial charge on any atom is -0.508 e. The molecular formula is C18H29N3O2. The molecule has 2 rings (SSSR count). The molecule has 0 aliphatic carbocycles. The Hall–Kier alpha value is -1.59. The molecule has 0 radical (unpaired) electrons. The molecule has 0 saturated carbocycles. The Bertz CT molecular complexity index is 545. The summed E-state index contributed by atoms with van der Waals surface area (Å²) >= 11 is 0. The van der Waals surface area contributed by atoms with E-state index in [0.717, 1.165) is 44.6 Å². The van der Waals surface area contributed by atoms with E-state index in [0.29, 0.717) is 11.6 Å². The van der Waals surface area contributed by atoms with E-state index in [1.165, 1.54) is 0 Å². The number of piperidine rings is 1. The second kappa shape index (κ2) is 7.79. The Balaban J connectivity index is 1.99. The van der Waals surface area contributed by atoms with E-state index in [1.54, 1.807) is 18.2 Å². The molecule has 1 saturated heterocycles. The maximum absolute atomic E-state index is 12.7. The third-order valence-corrected chi connectivity index (χ3v) is 4.66. The van der Waals surface area contributed by atoms with Gasteiger partial charge >= 0.3 is 0 Å². The van der Waals surface area contributed by atoms with Gasteiger partial charge in [-0.25, -0.2) is 0 Å². The molecule has 23 heavy (non-hydrogen) atoms. The van der Waals surface area contributed by atoms with Crippen LogP contribution in [0.5, 0.6) is 5.75 Å². The van der Waals surface area contributed by atoms with Crippen molar-refractivity contribution in [3.63, 3.8) is 0 Å². The average Bonchev–Trinajstić information content (AvgIpc) is 2.54. The molecular weight excluding hydrogens is 290 g/mol. The number of rotatable bonds is 5. The number of phenols is 1. The Morgan fingerprint density at radius 2 is 2.04 bits per heavy atom. The van der Waals surface area contributed by atoms with Crippen molar-refractivity contribution in [2.24, 2.45) is 0 Å². The smallest absolute Gasteiger partial charge is 0.254 e. The monoisotopic (exact) mass is 319 g/mol. The van der Waals surface area contributed by atoms with Crippen LogP contribution in [-0.4, -0.2) is 79.1 Å². The highest BCUT2D eigenvalue weighted by molar-refractivity contribution is 5.94. The number of carbonyl (C=O) groups excluding carboxylic acids is 1. The van der Waals surface area contributed by atoms with Gasteiger partial charge in [0.2, 0.25) is 0 Å². The zero-order chi connectivity index (χ0) is 17.0. The SMILES string of the molecule is Cc1ccc(C(=O)N2CCC[C@H](N(C)CCN(C)C)C2)cc1O. The number of hydrogen-bond acceptors (Lipinski definition) is 4. The number of benzene rings is 1. The number of likely N-dealkylation sites (N-methyl/N-ethyl adjacent to an activating group) is 2. The van der Waals surface area contributed by atoms with E-state index in [9.17, 15) is 9.90 Å². The Labute approximate surface area is 139 Å². The highest BCUT2D eigenvalue weighted by Crippen LogP contribution is 2.21. The van der Waals surface area contributed by atoms with Gasteiger partial charge in [0.05, 0.1) is 0 Å². The maximum Gasteiger partial charge on any atom is 0.254 e. The zero-order valence-corrected chi connectivity index (χ0v) is 14.7. The molecule has 1 N–H and O–H groups in total. The number of phenolic OH excluding ortho intramolecular Hbond substituents is 1. The van der Waals surface area contributed by atoms with Crippen molar-refractivity contribution in [2.45, 2.75) is 25.8 Å². The third kappa shape index (κ3) is 4.69. The first kappa shape index (κ1) is 17.8. The normalized spacial score (nSPS) is 18.7. The molecule has 128 valence electrons. The molecule has 1 aromatic carbocycles. The lowest BCUT2D eigenvalue weighted by Gasteiger charge is -2.38. The largest absolute Gasteiger partial charge is 0.508 e. The number of likely N-dealkylation sites (tertiary alicyclic amines) is 1. The molecule has 1 heterocycles. The van der Waals surface area contributed by atoms with Crippen LogP contribution < -0.4 is 0 Å². The fourth-order valence-corrected chi connectivity index (χ4v) is 2.96. The minimum atomic E-state index is 0.0195. The molecule has 1 aliphatic rings. The predicted octanol–water partition coefficient (Wildman–Crippen LogP) is 1.80. The van der Waals surface area contributed by atoms with Crippen LogP contribution in [0.15, 0.2) is 18.2 Å². The van der Waals surface area contributed by atoms with E-state index < -0.39 is 0 Å². The second-order valence-electron chi connectivity index (χ2n) is 6.83. The number of aryl methyl sites for hydroxylation is 1. The van der Waals surface area contributed by atoms with E-state index in [1.807, 2.05) is 11.8 Å². The van der Waals surface area contributed by atoms with Crippen molar-refractivity contribution >= 4 is 5.91 Å². The van der Waals surface area contributed by atoms with Crippen molar-refractivity contribution in [3.8, 4) is 5.75 Å². The van der Waals surface area contributed by atoms with Crippen LogP contribution in [-0.2, 0) is 0 Å². The number of carbonyl (C=O) groups is 1. The molecule has 1 amide bonds. The third-order valence-electron chi connectivity index (χ3n) is 4.66. The van der Waals surface area contributed by atoms with Crippen LogP contribution >= 0.6 is 0 Å². The maximum atomic E-state index is 12.7. The summed E-state index contributed by atoms with van der Waals surface area (Å²) in [6, 6.07) is 5.59. The van der Waals surface area contributed by atoms with Crippen molar-refractivity contribution in [1.82, 2.24) is 14.7 Å². The molecule has 1 fully saturated rings. The summed E-state index contributed by atoms with van der Waals surface area (Å²) in [5.41, 5.74) is 1.37. The first-order valence-corrected chi connectivity index (χ1v) is 8.32. The number of aromatic hydroxyl groups is 1. The van der Waals surface area contributed by atoms with Crippen molar-refractivity contribution < 1.29 is 9.90 Å². The number of hydrogen-bond donors (Lipinski definition) is 1. The lowest BCUT2D eigenvalue weighted by atomic mass is 10.0. The minimum absolute atomic E-state index is 0.0195. The summed E-state index contributed by atoms with van der Waals surface area (Å²) in [7, 11) is 6.29. The molecule has 5 nitrogen and oxygen atoms in total. The van der Waals surface area contributed by atoms with Gasteiger partial charge in [0.25, 0.3) is 5.91 Å². The standard InChI is InChI=1S/C18H29N3O2/c1-14-7-8-15(12-17(14)22)18(23)21-9-5-6-16(13-21)20(4)11-10-19(2)3/h7-8,12,16,22H,5-6,9-11,13H2,1-4H3/t16-/m0/s1. The topological polar surface area (TPSA) is 47.0 Å². The van der Waals surface area contributed by atoms with Crippen molar-refractivity contribution in [2.75, 3.05) is 47.3 Å². The molecule has 5 heteroatoms. The summed E-state index contributed by atoms with van der Waals surface area (Å²) in [4.78, 5) is 19.1. The number of nitrogens with zero attached hydrogens (tertiary/aromatic N) is 3. The quantitative estimate of drug-likeness (QED) is 0.899. The van der Waals surface area contributed by atoms with Crippen LogP contribution in [0.4, 0.5) is 0 Å². The molecule has 0 unspecified atom stereocenters. The van der Waals surface area contributed by atoms with Gasteiger partial charge < -0.3 is 19.8 Å². The molecule has 0 aromatic heterocycles. The van der Waals surface area contributed by atoms with Crippen LogP contribution in [0, 0.1) is 6.92 Å². The van der Waals surface area contributed by atoms with Gasteiger partial charge in [0.1, 0.15) is 5.75 Å². The van der Waals surface area contributed by atoms with Gasteiger partial charge in [0.15, 0.2) is 0 Å². The first-order chi connectivity index (χ1) is 10.9. The second-order valence-corrected chi connectivity index (χ2v) is 6.83. The summed E-state index contributed by atoms with van der Waals surface area (Å²) in [5, 5.41) is 9.83. The van der Waals surface area contributed by atoms with E-state index >= 15 is 0 Å². The molecule has 1 atom stereocenters. The van der Waals surface area contributed by atoms with Gasteiger partial charge in [-0.15, -0.1) is 0 Å². The van der Waals surface area contributed by atoms with E-state index in [2.05, 4.69) is 30.9 Å². The Morgan fingerprint density at radius 3 is 2.70 bits per heavy atom. The van der Waals surface area contributed by atoms with E-state index in [4.69, 9.17) is 0 Å². The van der Waals surface area contributed by atoms with Gasteiger partial charge in [-0.3, -0.25) is 4.79 Å². The van der Waals surface area contributed by atoms with Crippen LogP contribution in [0.2, 0.25) is 0 Å². The molecule has 1 aliphatic heterocycles. The summed E-state index contributed by atoms with van der Waals surface area (Å²) in [6.07, 6.45) is 2.16. The van der Waals surface area contributed by atoms with Gasteiger partial charge in [-0.2, -0.15) is 0 Å². The van der Waals surface area contributed by atoms with E-state index in [-0.39, 0.29) is 11.7 Å². The lowest BCUT2D eigenvalue weighted by Crippen LogP contribution is -2.49. The Kier molecular flexibility index (Phi) is 6.02. The van der Waals surface area contributed by atoms with Crippen LogP contribution in [0.3, 0.4) is 0 Å². The van der Waals surface area contributed by atoms with Gasteiger partial charge in [-0.05, 0) is 58.6 Å². The summed E-state index contributed by atoms with van der Waals surface area (Å²) in [5.74, 6) is 0.207.